The third-order valence-electron chi connectivity index (χ3n) is 4.62. The maximum absolute atomic E-state index is 12.3. The van der Waals surface area contributed by atoms with E-state index in [1.54, 1.807) is 73.8 Å². The monoisotopic (exact) mass is 416 g/mol. The first-order valence-corrected chi connectivity index (χ1v) is 9.77. The maximum atomic E-state index is 12.3. The van der Waals surface area contributed by atoms with E-state index in [0.717, 1.165) is 5.69 Å². The van der Waals surface area contributed by atoms with Crippen LogP contribution >= 0.6 is 0 Å². The van der Waals surface area contributed by atoms with Gasteiger partial charge in [-0.05, 0) is 54.6 Å². The Hall–Kier alpha value is -4.13. The number of carbonyl (C=O) groups excluding carboxylic acids is 3. The van der Waals surface area contributed by atoms with Gasteiger partial charge in [-0.2, -0.15) is 0 Å². The normalized spacial score (nSPS) is 10.1. The van der Waals surface area contributed by atoms with Gasteiger partial charge in [0.2, 0.25) is 11.8 Å². The Labute approximate surface area is 181 Å². The number of nitrogens with one attached hydrogen (secondary N) is 3. The van der Waals surface area contributed by atoms with Gasteiger partial charge in [-0.1, -0.05) is 24.3 Å². The summed E-state index contributed by atoms with van der Waals surface area (Å²) in [6.45, 7) is 1.55. The summed E-state index contributed by atoms with van der Waals surface area (Å²) in [5.41, 5.74) is 3.29. The van der Waals surface area contributed by atoms with Crippen LogP contribution in [0.1, 0.15) is 17.3 Å². The molecule has 0 aliphatic heterocycles. The molecule has 158 valence electrons. The van der Waals surface area contributed by atoms with Gasteiger partial charge in [0.15, 0.2) is 0 Å². The van der Waals surface area contributed by atoms with Crippen LogP contribution in [0, 0.1) is 0 Å². The number of anilines is 4. The molecule has 3 N–H and O–H groups in total. The Morgan fingerprint density at radius 2 is 1.45 bits per heavy atom. The SMILES string of the molecule is CC(=O)N(C)c1ccc(NC(=O)CNc2cccc(NC(=O)c3ccccc3)c2)cc1. The Morgan fingerprint density at radius 3 is 2.13 bits per heavy atom. The summed E-state index contributed by atoms with van der Waals surface area (Å²) in [5, 5.41) is 8.69. The lowest BCUT2D eigenvalue weighted by Gasteiger charge is -2.15. The quantitative estimate of drug-likeness (QED) is 0.544. The van der Waals surface area contributed by atoms with Crippen LogP contribution < -0.4 is 20.9 Å². The minimum atomic E-state index is -0.216. The van der Waals surface area contributed by atoms with Crippen LogP contribution in [0.2, 0.25) is 0 Å². The van der Waals surface area contributed by atoms with Crippen LogP contribution in [-0.4, -0.2) is 31.3 Å². The van der Waals surface area contributed by atoms with Gasteiger partial charge in [0.25, 0.3) is 5.91 Å². The lowest BCUT2D eigenvalue weighted by Crippen LogP contribution is -2.23. The molecule has 0 radical (unpaired) electrons. The molecule has 7 nitrogen and oxygen atoms in total. The van der Waals surface area contributed by atoms with E-state index in [1.807, 2.05) is 12.1 Å². The molecule has 0 unspecified atom stereocenters. The second-order valence-corrected chi connectivity index (χ2v) is 6.93. The molecule has 3 amide bonds. The first-order valence-electron chi connectivity index (χ1n) is 9.77. The Balaban J connectivity index is 1.53. The Bertz CT molecular complexity index is 1070. The number of carbonyl (C=O) groups is 3. The lowest BCUT2D eigenvalue weighted by molar-refractivity contribution is -0.116. The number of hydrogen-bond acceptors (Lipinski definition) is 4. The molecule has 0 bridgehead atoms. The van der Waals surface area contributed by atoms with Crippen molar-refractivity contribution in [3.8, 4) is 0 Å². The van der Waals surface area contributed by atoms with E-state index in [4.69, 9.17) is 0 Å². The predicted molar refractivity (Wildman–Crippen MR) is 123 cm³/mol. The number of benzene rings is 3. The van der Waals surface area contributed by atoms with Gasteiger partial charge in [-0.15, -0.1) is 0 Å². The van der Waals surface area contributed by atoms with Crippen molar-refractivity contribution in [2.45, 2.75) is 6.92 Å². The zero-order valence-corrected chi connectivity index (χ0v) is 17.4. The molecule has 7 heteroatoms. The molecule has 31 heavy (non-hydrogen) atoms. The fraction of sp³-hybridized carbons (Fsp3) is 0.125. The molecule has 0 saturated heterocycles. The van der Waals surface area contributed by atoms with Crippen molar-refractivity contribution in [1.29, 1.82) is 0 Å². The van der Waals surface area contributed by atoms with Gasteiger partial charge in [0.1, 0.15) is 0 Å². The van der Waals surface area contributed by atoms with Crippen molar-refractivity contribution in [3.63, 3.8) is 0 Å². The van der Waals surface area contributed by atoms with Gasteiger partial charge < -0.3 is 20.9 Å². The maximum Gasteiger partial charge on any atom is 0.255 e. The minimum Gasteiger partial charge on any atom is -0.376 e. The summed E-state index contributed by atoms with van der Waals surface area (Å²) in [6, 6.07) is 23.1. The minimum absolute atomic E-state index is 0.0607. The summed E-state index contributed by atoms with van der Waals surface area (Å²) < 4.78 is 0. The van der Waals surface area contributed by atoms with E-state index in [-0.39, 0.29) is 24.3 Å². The molecule has 0 heterocycles. The largest absolute Gasteiger partial charge is 0.376 e. The van der Waals surface area contributed by atoms with Gasteiger partial charge in [-0.25, -0.2) is 0 Å². The van der Waals surface area contributed by atoms with E-state index < -0.39 is 0 Å². The van der Waals surface area contributed by atoms with E-state index in [2.05, 4.69) is 16.0 Å². The summed E-state index contributed by atoms with van der Waals surface area (Å²) in [6.07, 6.45) is 0. The average molecular weight is 416 g/mol. The fourth-order valence-corrected chi connectivity index (χ4v) is 2.84. The zero-order valence-electron chi connectivity index (χ0n) is 17.4. The molecule has 0 atom stereocenters. The van der Waals surface area contributed by atoms with Gasteiger partial charge in [0.05, 0.1) is 6.54 Å². The molecular formula is C24H24N4O3. The molecule has 0 fully saturated rings. The molecular weight excluding hydrogens is 392 g/mol. The molecule has 0 spiro atoms. The second-order valence-electron chi connectivity index (χ2n) is 6.93. The molecule has 3 aromatic carbocycles. The molecule has 3 rings (SSSR count). The molecule has 0 aromatic heterocycles. The number of rotatable bonds is 7. The summed E-state index contributed by atoms with van der Waals surface area (Å²) in [5.74, 6) is -0.482. The highest BCUT2D eigenvalue weighted by atomic mass is 16.2. The first-order chi connectivity index (χ1) is 14.9. The second kappa shape index (κ2) is 10.1. The summed E-state index contributed by atoms with van der Waals surface area (Å²) >= 11 is 0. The smallest absolute Gasteiger partial charge is 0.255 e. The van der Waals surface area contributed by atoms with Crippen molar-refractivity contribution in [2.75, 3.05) is 34.4 Å². The number of amides is 3. The van der Waals surface area contributed by atoms with Crippen LogP contribution in [0.5, 0.6) is 0 Å². The van der Waals surface area contributed by atoms with Crippen LogP contribution in [0.15, 0.2) is 78.9 Å². The van der Waals surface area contributed by atoms with Crippen molar-refractivity contribution in [1.82, 2.24) is 0 Å². The molecule has 0 aliphatic carbocycles. The van der Waals surface area contributed by atoms with Gasteiger partial charge >= 0.3 is 0 Å². The summed E-state index contributed by atoms with van der Waals surface area (Å²) in [7, 11) is 1.69. The van der Waals surface area contributed by atoms with Crippen molar-refractivity contribution >= 4 is 40.5 Å². The first kappa shape index (κ1) is 21.6. The van der Waals surface area contributed by atoms with E-state index in [9.17, 15) is 14.4 Å². The van der Waals surface area contributed by atoms with Gasteiger partial charge in [-0.3, -0.25) is 14.4 Å². The molecule has 0 saturated carbocycles. The molecule has 3 aromatic rings. The topological polar surface area (TPSA) is 90.5 Å². The van der Waals surface area contributed by atoms with Crippen molar-refractivity contribution in [2.24, 2.45) is 0 Å². The highest BCUT2D eigenvalue weighted by Gasteiger charge is 2.08. The third kappa shape index (κ3) is 6.17. The van der Waals surface area contributed by atoms with Crippen molar-refractivity contribution < 1.29 is 14.4 Å². The van der Waals surface area contributed by atoms with E-state index in [0.29, 0.717) is 22.6 Å². The van der Waals surface area contributed by atoms with Crippen LogP contribution in [0.25, 0.3) is 0 Å². The zero-order chi connectivity index (χ0) is 22.2. The van der Waals surface area contributed by atoms with E-state index in [1.165, 1.54) is 11.8 Å². The predicted octanol–water partition coefficient (Wildman–Crippen LogP) is 3.97. The lowest BCUT2D eigenvalue weighted by atomic mass is 10.2. The highest BCUT2D eigenvalue weighted by molar-refractivity contribution is 6.04. The summed E-state index contributed by atoms with van der Waals surface area (Å²) in [4.78, 5) is 37.5. The van der Waals surface area contributed by atoms with Gasteiger partial charge in [0, 0.05) is 42.3 Å². The fourth-order valence-electron chi connectivity index (χ4n) is 2.84. The molecule has 0 aliphatic rings. The average Bonchev–Trinajstić information content (AvgIpc) is 2.78. The van der Waals surface area contributed by atoms with Crippen LogP contribution in [-0.2, 0) is 9.59 Å². The Kier molecular flexibility index (Phi) is 7.01. The van der Waals surface area contributed by atoms with E-state index >= 15 is 0 Å². The van der Waals surface area contributed by atoms with Crippen molar-refractivity contribution in [3.05, 3.63) is 84.4 Å². The number of nitrogens with zero attached hydrogens (tertiary/aromatic N) is 1. The number of hydrogen-bond donors (Lipinski definition) is 3. The standard InChI is InChI=1S/C24H24N4O3/c1-17(29)28(2)22-13-11-19(12-14-22)26-23(30)16-25-20-9-6-10-21(15-20)27-24(31)18-7-4-3-5-8-18/h3-15,25H,16H2,1-2H3,(H,26,30)(H,27,31). The third-order valence-corrected chi connectivity index (χ3v) is 4.62. The Morgan fingerprint density at radius 1 is 0.774 bits per heavy atom. The highest BCUT2D eigenvalue weighted by Crippen LogP contribution is 2.18. The van der Waals surface area contributed by atoms with Crippen LogP contribution in [0.3, 0.4) is 0 Å². The van der Waals surface area contributed by atoms with Crippen LogP contribution in [0.4, 0.5) is 22.7 Å².